The topological polar surface area (TPSA) is 0 Å². The molecule has 68 valence electrons. The van der Waals surface area contributed by atoms with Gasteiger partial charge >= 0.3 is 0 Å². The molecule has 1 rings (SSSR count). The van der Waals surface area contributed by atoms with Crippen LogP contribution in [-0.2, 0) is 0 Å². The molecule has 1 aromatic rings. The first-order valence-corrected chi connectivity index (χ1v) is 5.14. The summed E-state index contributed by atoms with van der Waals surface area (Å²) in [6, 6.07) is 10.3. The third-order valence-corrected chi connectivity index (χ3v) is 2.32. The maximum absolute atomic E-state index is 3.91. The van der Waals surface area contributed by atoms with E-state index in [-0.39, 0.29) is 0 Å². The Morgan fingerprint density at radius 1 is 1.38 bits per heavy atom. The van der Waals surface area contributed by atoms with E-state index in [1.165, 1.54) is 16.7 Å². The molecule has 0 saturated heterocycles. The van der Waals surface area contributed by atoms with E-state index in [4.69, 9.17) is 0 Å². The van der Waals surface area contributed by atoms with E-state index in [2.05, 4.69) is 34.6 Å². The van der Waals surface area contributed by atoms with Gasteiger partial charge in [0.1, 0.15) is 0 Å². The molecule has 0 heterocycles. The van der Waals surface area contributed by atoms with Crippen molar-refractivity contribution >= 4 is 21.5 Å². The van der Waals surface area contributed by atoms with Gasteiger partial charge in [-0.2, -0.15) is 0 Å². The van der Waals surface area contributed by atoms with Crippen molar-refractivity contribution in [2.45, 2.75) is 13.3 Å². The van der Waals surface area contributed by atoms with Crippen LogP contribution < -0.4 is 0 Å². The van der Waals surface area contributed by atoms with Crippen molar-refractivity contribution in [2.24, 2.45) is 0 Å². The van der Waals surface area contributed by atoms with Crippen molar-refractivity contribution < 1.29 is 0 Å². The van der Waals surface area contributed by atoms with Crippen LogP contribution in [0, 0.1) is 0 Å². The van der Waals surface area contributed by atoms with Crippen molar-refractivity contribution in [3.05, 3.63) is 53.0 Å². The van der Waals surface area contributed by atoms with Gasteiger partial charge in [0.15, 0.2) is 0 Å². The van der Waals surface area contributed by atoms with Gasteiger partial charge in [0.25, 0.3) is 0 Å². The van der Waals surface area contributed by atoms with Crippen LogP contribution in [0.5, 0.6) is 0 Å². The van der Waals surface area contributed by atoms with Gasteiger partial charge in [-0.1, -0.05) is 58.4 Å². The first-order chi connectivity index (χ1) is 6.24. The first kappa shape index (κ1) is 10.3. The zero-order chi connectivity index (χ0) is 9.68. The lowest BCUT2D eigenvalue weighted by Crippen LogP contribution is -1.83. The van der Waals surface area contributed by atoms with Crippen LogP contribution in [0.3, 0.4) is 0 Å². The lowest BCUT2D eigenvalue weighted by molar-refractivity contribution is 1.24. The molecule has 0 bridgehead atoms. The molecule has 0 atom stereocenters. The summed E-state index contributed by atoms with van der Waals surface area (Å²) in [4.78, 5) is 1.97. The zero-order valence-electron chi connectivity index (χ0n) is 7.76. The number of benzene rings is 1. The fourth-order valence-corrected chi connectivity index (χ4v) is 1.61. The lowest BCUT2D eigenvalue weighted by atomic mass is 10.0. The Labute approximate surface area is 88.1 Å². The number of allylic oxidation sites excluding steroid dienone is 2. The molecule has 0 spiro atoms. The summed E-state index contributed by atoms with van der Waals surface area (Å²) >= 11 is 3.38. The largest absolute Gasteiger partial charge is 0.0998 e. The fourth-order valence-electron chi connectivity index (χ4n) is 1.18. The standard InChI is InChI=1S/C12H13Br/c1-10(2)8-12(9-13)11-6-4-3-5-7-11/h3-7,9H,1,8H2,2H3/b12-9-. The number of hydrogen-bond acceptors (Lipinski definition) is 0. The Kier molecular flexibility index (Phi) is 3.97. The van der Waals surface area contributed by atoms with E-state index in [9.17, 15) is 0 Å². The van der Waals surface area contributed by atoms with Crippen LogP contribution >= 0.6 is 15.9 Å². The SMILES string of the molecule is C=C(C)C/C(=C/Br)c1ccccc1. The Hall–Kier alpha value is -0.820. The summed E-state index contributed by atoms with van der Waals surface area (Å²) in [5.74, 6) is 0. The van der Waals surface area contributed by atoms with Gasteiger partial charge in [0, 0.05) is 0 Å². The Morgan fingerprint density at radius 2 is 2.00 bits per heavy atom. The first-order valence-electron chi connectivity index (χ1n) is 4.23. The number of rotatable bonds is 3. The summed E-state index contributed by atoms with van der Waals surface area (Å²) in [7, 11) is 0. The van der Waals surface area contributed by atoms with Gasteiger partial charge in [-0.3, -0.25) is 0 Å². The molecule has 0 aliphatic rings. The van der Waals surface area contributed by atoms with E-state index < -0.39 is 0 Å². The van der Waals surface area contributed by atoms with E-state index in [1.807, 2.05) is 30.1 Å². The minimum atomic E-state index is 0.926. The molecule has 0 saturated carbocycles. The van der Waals surface area contributed by atoms with Gasteiger partial charge in [-0.25, -0.2) is 0 Å². The summed E-state index contributed by atoms with van der Waals surface area (Å²) in [5, 5.41) is 0. The molecular formula is C12H13Br. The van der Waals surface area contributed by atoms with Crippen molar-refractivity contribution in [1.29, 1.82) is 0 Å². The van der Waals surface area contributed by atoms with Gasteiger partial charge in [0.05, 0.1) is 0 Å². The normalized spacial score (nSPS) is 11.4. The Morgan fingerprint density at radius 3 is 2.46 bits per heavy atom. The summed E-state index contributed by atoms with van der Waals surface area (Å²) < 4.78 is 0. The summed E-state index contributed by atoms with van der Waals surface area (Å²) in [6.45, 7) is 5.95. The maximum Gasteiger partial charge on any atom is -0.00614 e. The van der Waals surface area contributed by atoms with E-state index in [1.54, 1.807) is 0 Å². The second-order valence-corrected chi connectivity index (χ2v) is 3.59. The number of halogens is 1. The highest BCUT2D eigenvalue weighted by molar-refractivity contribution is 9.11. The molecule has 0 amide bonds. The third kappa shape index (κ3) is 3.19. The molecule has 0 aliphatic heterocycles. The van der Waals surface area contributed by atoms with Crippen molar-refractivity contribution in [2.75, 3.05) is 0 Å². The van der Waals surface area contributed by atoms with Crippen molar-refractivity contribution in [3.8, 4) is 0 Å². The monoisotopic (exact) mass is 236 g/mol. The molecule has 1 aromatic carbocycles. The second kappa shape index (κ2) is 5.03. The minimum Gasteiger partial charge on any atom is -0.0998 e. The highest BCUT2D eigenvalue weighted by Crippen LogP contribution is 2.22. The minimum absolute atomic E-state index is 0.926. The molecule has 0 N–H and O–H groups in total. The van der Waals surface area contributed by atoms with Crippen LogP contribution in [0.1, 0.15) is 18.9 Å². The third-order valence-electron chi connectivity index (χ3n) is 1.77. The number of hydrogen-bond donors (Lipinski definition) is 0. The Bertz CT molecular complexity index is 309. The molecular weight excluding hydrogens is 224 g/mol. The highest BCUT2D eigenvalue weighted by atomic mass is 79.9. The van der Waals surface area contributed by atoms with Crippen LogP contribution in [-0.4, -0.2) is 0 Å². The molecule has 0 radical (unpaired) electrons. The molecule has 0 aromatic heterocycles. The van der Waals surface area contributed by atoms with E-state index >= 15 is 0 Å². The van der Waals surface area contributed by atoms with Crippen LogP contribution in [0.2, 0.25) is 0 Å². The molecule has 0 nitrogen and oxygen atoms in total. The van der Waals surface area contributed by atoms with Crippen molar-refractivity contribution in [1.82, 2.24) is 0 Å². The maximum atomic E-state index is 3.91. The van der Waals surface area contributed by atoms with E-state index in [0.29, 0.717) is 0 Å². The zero-order valence-corrected chi connectivity index (χ0v) is 9.34. The predicted octanol–water partition coefficient (Wildman–Crippen LogP) is 4.39. The molecule has 1 heteroatoms. The smallest absolute Gasteiger partial charge is 0.00614 e. The Balaban J connectivity index is 2.86. The quantitative estimate of drug-likeness (QED) is 0.684. The second-order valence-electron chi connectivity index (χ2n) is 3.13. The predicted molar refractivity (Wildman–Crippen MR) is 62.8 cm³/mol. The van der Waals surface area contributed by atoms with Crippen LogP contribution in [0.4, 0.5) is 0 Å². The molecule has 0 unspecified atom stereocenters. The van der Waals surface area contributed by atoms with Crippen LogP contribution in [0.15, 0.2) is 47.5 Å². The van der Waals surface area contributed by atoms with Gasteiger partial charge in [0.2, 0.25) is 0 Å². The molecule has 13 heavy (non-hydrogen) atoms. The highest BCUT2D eigenvalue weighted by Gasteiger charge is 1.99. The van der Waals surface area contributed by atoms with Gasteiger partial charge < -0.3 is 0 Å². The summed E-state index contributed by atoms with van der Waals surface area (Å²) in [6.07, 6.45) is 0.926. The lowest BCUT2D eigenvalue weighted by Gasteiger charge is -2.05. The van der Waals surface area contributed by atoms with Crippen molar-refractivity contribution in [3.63, 3.8) is 0 Å². The average molecular weight is 237 g/mol. The molecule has 0 fully saturated rings. The van der Waals surface area contributed by atoms with Gasteiger partial charge in [-0.15, -0.1) is 0 Å². The van der Waals surface area contributed by atoms with Gasteiger partial charge in [-0.05, 0) is 29.5 Å². The van der Waals surface area contributed by atoms with Crippen LogP contribution in [0.25, 0.3) is 5.57 Å². The fraction of sp³-hybridized carbons (Fsp3) is 0.167. The summed E-state index contributed by atoms with van der Waals surface area (Å²) in [5.41, 5.74) is 3.70. The average Bonchev–Trinajstić information content (AvgIpc) is 2.15. The van der Waals surface area contributed by atoms with E-state index in [0.717, 1.165) is 6.42 Å². The molecule has 0 aliphatic carbocycles.